The molecular formula is C21H20Cl2O6. The van der Waals surface area contributed by atoms with Gasteiger partial charge in [0.2, 0.25) is 4.33 Å². The first-order valence-electron chi connectivity index (χ1n) is 8.91. The van der Waals surface area contributed by atoms with Crippen molar-refractivity contribution >= 4 is 35.1 Å². The molecule has 0 spiro atoms. The zero-order valence-corrected chi connectivity index (χ0v) is 17.3. The van der Waals surface area contributed by atoms with Gasteiger partial charge < -0.3 is 19.3 Å². The van der Waals surface area contributed by atoms with Gasteiger partial charge in [-0.25, -0.2) is 9.59 Å². The van der Waals surface area contributed by atoms with Crippen LogP contribution in [-0.2, 0) is 14.2 Å². The fourth-order valence-corrected chi connectivity index (χ4v) is 3.27. The van der Waals surface area contributed by atoms with Crippen LogP contribution in [0.25, 0.3) is 0 Å². The molecule has 2 aromatic rings. The summed E-state index contributed by atoms with van der Waals surface area (Å²) in [6.07, 6.45) is -3.91. The van der Waals surface area contributed by atoms with Gasteiger partial charge in [-0.3, -0.25) is 0 Å². The standard InChI is InChI=1S/C21H20Cl2O6/c1-12-3-7-14(8-4-12)18(24)27-11-16-17(21(22,23)20(26)28-16)29-19(25)15-9-5-13(2)6-10-15/h3-10,16-17,20,26H,11H2,1-2H3/t16-,17-,20?/m1/s1. The predicted molar refractivity (Wildman–Crippen MR) is 107 cm³/mol. The Morgan fingerprint density at radius 2 is 1.45 bits per heavy atom. The third-order valence-electron chi connectivity index (χ3n) is 4.54. The van der Waals surface area contributed by atoms with Crippen LogP contribution in [0.2, 0.25) is 0 Å². The predicted octanol–water partition coefficient (Wildman–Crippen LogP) is 3.58. The molecule has 0 saturated carbocycles. The molecule has 1 aliphatic heterocycles. The van der Waals surface area contributed by atoms with Gasteiger partial charge in [0.05, 0.1) is 11.1 Å². The van der Waals surface area contributed by atoms with E-state index in [-0.39, 0.29) is 12.2 Å². The van der Waals surface area contributed by atoms with Crippen LogP contribution >= 0.6 is 23.2 Å². The second-order valence-corrected chi connectivity index (χ2v) is 8.30. The Kier molecular flexibility index (Phi) is 6.49. The number of esters is 2. The summed E-state index contributed by atoms with van der Waals surface area (Å²) in [5.74, 6) is -1.28. The van der Waals surface area contributed by atoms with Crippen LogP contribution < -0.4 is 0 Å². The first-order valence-corrected chi connectivity index (χ1v) is 9.67. The Morgan fingerprint density at radius 1 is 0.966 bits per heavy atom. The fourth-order valence-electron chi connectivity index (χ4n) is 2.80. The molecule has 2 aromatic carbocycles. The lowest BCUT2D eigenvalue weighted by Gasteiger charge is -2.25. The highest BCUT2D eigenvalue weighted by molar-refractivity contribution is 6.49. The van der Waals surface area contributed by atoms with E-state index in [9.17, 15) is 14.7 Å². The zero-order chi connectivity index (χ0) is 21.2. The van der Waals surface area contributed by atoms with E-state index in [1.165, 1.54) is 0 Å². The van der Waals surface area contributed by atoms with Crippen molar-refractivity contribution in [1.29, 1.82) is 0 Å². The monoisotopic (exact) mass is 438 g/mol. The van der Waals surface area contributed by atoms with Gasteiger partial charge in [-0.15, -0.1) is 0 Å². The molecular weight excluding hydrogens is 419 g/mol. The molecule has 0 aliphatic carbocycles. The summed E-state index contributed by atoms with van der Waals surface area (Å²) in [6.45, 7) is 3.48. The highest BCUT2D eigenvalue weighted by Gasteiger charge is 2.57. The lowest BCUT2D eigenvalue weighted by Crippen LogP contribution is -2.42. The van der Waals surface area contributed by atoms with Gasteiger partial charge in [-0.05, 0) is 38.1 Å². The SMILES string of the molecule is Cc1ccc(C(=O)OC[C@H]2OC(O)C(Cl)(Cl)[C@@H]2OC(=O)c2ccc(C)cc2)cc1. The quantitative estimate of drug-likeness (QED) is 0.567. The molecule has 3 atom stereocenters. The van der Waals surface area contributed by atoms with Gasteiger partial charge in [0, 0.05) is 0 Å². The lowest BCUT2D eigenvalue weighted by molar-refractivity contribution is -0.111. The number of ether oxygens (including phenoxy) is 3. The number of benzene rings is 2. The van der Waals surface area contributed by atoms with Crippen molar-refractivity contribution in [3.63, 3.8) is 0 Å². The Labute approximate surface area is 178 Å². The molecule has 3 rings (SSSR count). The van der Waals surface area contributed by atoms with E-state index in [1.807, 2.05) is 13.8 Å². The number of aryl methyl sites for hydroxylation is 2. The van der Waals surface area contributed by atoms with E-state index >= 15 is 0 Å². The number of rotatable bonds is 5. The molecule has 29 heavy (non-hydrogen) atoms. The molecule has 154 valence electrons. The minimum absolute atomic E-state index is 0.288. The Balaban J connectivity index is 1.69. The Bertz CT molecular complexity index is 879. The third kappa shape index (κ3) is 4.90. The number of carbonyl (C=O) groups excluding carboxylic acids is 2. The maximum Gasteiger partial charge on any atom is 0.338 e. The summed E-state index contributed by atoms with van der Waals surface area (Å²) >= 11 is 12.3. The summed E-state index contributed by atoms with van der Waals surface area (Å²) < 4.78 is 14.0. The zero-order valence-electron chi connectivity index (χ0n) is 15.8. The van der Waals surface area contributed by atoms with Crippen molar-refractivity contribution < 1.29 is 28.9 Å². The van der Waals surface area contributed by atoms with Crippen LogP contribution in [0, 0.1) is 13.8 Å². The molecule has 0 aromatic heterocycles. The highest BCUT2D eigenvalue weighted by atomic mass is 35.5. The molecule has 8 heteroatoms. The summed E-state index contributed by atoms with van der Waals surface area (Å²) in [6, 6.07) is 13.5. The lowest BCUT2D eigenvalue weighted by atomic mass is 10.1. The number of hydrogen-bond acceptors (Lipinski definition) is 6. The second-order valence-electron chi connectivity index (χ2n) is 6.86. The number of halogens is 2. The first kappa shape index (κ1) is 21.6. The molecule has 0 amide bonds. The van der Waals surface area contributed by atoms with Gasteiger partial charge >= 0.3 is 11.9 Å². The number of aliphatic hydroxyl groups excluding tert-OH is 1. The summed E-state index contributed by atoms with van der Waals surface area (Å²) in [4.78, 5) is 24.7. The highest BCUT2D eigenvalue weighted by Crippen LogP contribution is 2.41. The molecule has 1 heterocycles. The van der Waals surface area contributed by atoms with Crippen LogP contribution in [0.4, 0.5) is 0 Å². The van der Waals surface area contributed by atoms with Crippen molar-refractivity contribution in [2.45, 2.75) is 36.7 Å². The number of aliphatic hydroxyl groups is 1. The van der Waals surface area contributed by atoms with Crippen LogP contribution in [0.15, 0.2) is 48.5 Å². The van der Waals surface area contributed by atoms with Crippen molar-refractivity contribution in [3.8, 4) is 0 Å². The Morgan fingerprint density at radius 3 is 1.97 bits per heavy atom. The van der Waals surface area contributed by atoms with E-state index in [2.05, 4.69) is 0 Å². The topological polar surface area (TPSA) is 82.1 Å². The second kappa shape index (κ2) is 8.71. The Hall–Kier alpha value is -2.12. The first-order chi connectivity index (χ1) is 13.7. The average Bonchev–Trinajstić information content (AvgIpc) is 2.90. The molecule has 1 saturated heterocycles. The number of carbonyl (C=O) groups is 2. The van der Waals surface area contributed by atoms with Crippen LogP contribution in [-0.4, -0.2) is 46.5 Å². The number of alkyl halides is 2. The number of hydrogen-bond donors (Lipinski definition) is 1. The minimum atomic E-state index is -1.92. The molecule has 0 bridgehead atoms. The van der Waals surface area contributed by atoms with Crippen LogP contribution in [0.3, 0.4) is 0 Å². The van der Waals surface area contributed by atoms with Crippen molar-refractivity contribution in [2.24, 2.45) is 0 Å². The van der Waals surface area contributed by atoms with Crippen LogP contribution in [0.1, 0.15) is 31.8 Å². The van der Waals surface area contributed by atoms with E-state index in [4.69, 9.17) is 37.4 Å². The third-order valence-corrected chi connectivity index (χ3v) is 5.34. The fraction of sp³-hybridized carbons (Fsp3) is 0.333. The van der Waals surface area contributed by atoms with E-state index in [1.54, 1.807) is 48.5 Å². The molecule has 6 nitrogen and oxygen atoms in total. The summed E-state index contributed by atoms with van der Waals surface area (Å²) in [7, 11) is 0. The molecule has 0 radical (unpaired) electrons. The largest absolute Gasteiger partial charge is 0.459 e. The smallest absolute Gasteiger partial charge is 0.338 e. The van der Waals surface area contributed by atoms with E-state index < -0.39 is 34.8 Å². The molecule has 1 fully saturated rings. The summed E-state index contributed by atoms with van der Waals surface area (Å²) in [5.41, 5.74) is 2.62. The average molecular weight is 439 g/mol. The normalized spacial score (nSPS) is 22.9. The van der Waals surface area contributed by atoms with Crippen LogP contribution in [0.5, 0.6) is 0 Å². The van der Waals surface area contributed by atoms with Gasteiger partial charge in [-0.2, -0.15) is 0 Å². The molecule has 1 aliphatic rings. The maximum absolute atomic E-state index is 12.5. The molecule has 1 N–H and O–H groups in total. The van der Waals surface area contributed by atoms with Crippen molar-refractivity contribution in [3.05, 3.63) is 70.8 Å². The van der Waals surface area contributed by atoms with E-state index in [0.717, 1.165) is 11.1 Å². The van der Waals surface area contributed by atoms with Gasteiger partial charge in [0.1, 0.15) is 12.7 Å². The minimum Gasteiger partial charge on any atom is -0.459 e. The van der Waals surface area contributed by atoms with Gasteiger partial charge in [0.25, 0.3) is 0 Å². The van der Waals surface area contributed by atoms with Gasteiger partial charge in [0.15, 0.2) is 12.4 Å². The summed E-state index contributed by atoms with van der Waals surface area (Å²) in [5, 5.41) is 10.0. The molecule has 1 unspecified atom stereocenters. The van der Waals surface area contributed by atoms with Crippen molar-refractivity contribution in [1.82, 2.24) is 0 Å². The van der Waals surface area contributed by atoms with Gasteiger partial charge in [-0.1, -0.05) is 58.6 Å². The van der Waals surface area contributed by atoms with E-state index in [0.29, 0.717) is 5.56 Å². The maximum atomic E-state index is 12.5. The van der Waals surface area contributed by atoms with Crippen molar-refractivity contribution in [2.75, 3.05) is 6.61 Å².